The van der Waals surface area contributed by atoms with Crippen LogP contribution in [0.15, 0.2) is 47.0 Å². The van der Waals surface area contributed by atoms with Crippen molar-refractivity contribution in [1.82, 2.24) is 15.2 Å². The number of hydrogen-bond donors (Lipinski definition) is 1. The van der Waals surface area contributed by atoms with E-state index >= 15 is 0 Å². The smallest absolute Gasteiger partial charge is 0.322 e. The van der Waals surface area contributed by atoms with Gasteiger partial charge in [-0.25, -0.2) is 9.37 Å². The number of carbonyl (C=O) groups is 1. The van der Waals surface area contributed by atoms with Gasteiger partial charge in [0, 0.05) is 11.8 Å². The fourth-order valence-electron chi connectivity index (χ4n) is 1.83. The Morgan fingerprint density at radius 3 is 2.65 bits per heavy atom. The Balaban J connectivity index is 1.66. The minimum Gasteiger partial charge on any atom is -0.407 e. The number of hydrogen-bond acceptors (Lipinski definition) is 5. The van der Waals surface area contributed by atoms with Gasteiger partial charge in [0.15, 0.2) is 0 Å². The van der Waals surface area contributed by atoms with Gasteiger partial charge < -0.3 is 4.42 Å². The molecule has 2 aromatic heterocycles. The lowest BCUT2D eigenvalue weighted by Crippen LogP contribution is -2.12. The largest absolute Gasteiger partial charge is 0.407 e. The molecule has 2 heterocycles. The van der Waals surface area contributed by atoms with Gasteiger partial charge in [-0.2, -0.15) is 0 Å². The minimum atomic E-state index is -0.464. The molecule has 0 fully saturated rings. The first kappa shape index (κ1) is 15.1. The van der Waals surface area contributed by atoms with E-state index in [9.17, 15) is 9.18 Å². The summed E-state index contributed by atoms with van der Waals surface area (Å²) >= 11 is 5.71. The molecule has 1 N–H and O–H groups in total. The van der Waals surface area contributed by atoms with Gasteiger partial charge in [0.1, 0.15) is 11.0 Å². The fourth-order valence-corrected chi connectivity index (χ4v) is 1.94. The summed E-state index contributed by atoms with van der Waals surface area (Å²) in [7, 11) is 0. The molecule has 3 rings (SSSR count). The third-order valence-corrected chi connectivity index (χ3v) is 3.16. The van der Waals surface area contributed by atoms with Gasteiger partial charge in [-0.3, -0.25) is 10.1 Å². The summed E-state index contributed by atoms with van der Waals surface area (Å²) in [4.78, 5) is 15.9. The van der Waals surface area contributed by atoms with E-state index in [4.69, 9.17) is 16.0 Å². The van der Waals surface area contributed by atoms with Crippen molar-refractivity contribution in [2.24, 2.45) is 0 Å². The highest BCUT2D eigenvalue weighted by atomic mass is 35.5. The van der Waals surface area contributed by atoms with Crippen molar-refractivity contribution >= 4 is 23.5 Å². The summed E-state index contributed by atoms with van der Waals surface area (Å²) in [6, 6.07) is 8.53. The molecular weight excluding hydrogens is 323 g/mol. The molecule has 0 bridgehead atoms. The second-order valence-electron chi connectivity index (χ2n) is 4.63. The van der Waals surface area contributed by atoms with Crippen LogP contribution in [0.2, 0.25) is 5.15 Å². The van der Waals surface area contributed by atoms with Gasteiger partial charge in [0.2, 0.25) is 5.89 Å². The number of carbonyl (C=O) groups excluding carboxylic acids is 1. The maximum Gasteiger partial charge on any atom is 0.322 e. The number of rotatable bonds is 4. The van der Waals surface area contributed by atoms with E-state index < -0.39 is 11.7 Å². The zero-order valence-corrected chi connectivity index (χ0v) is 12.4. The van der Waals surface area contributed by atoms with E-state index in [1.54, 1.807) is 18.3 Å². The number of nitrogens with one attached hydrogen (secondary N) is 1. The van der Waals surface area contributed by atoms with Crippen molar-refractivity contribution in [2.75, 3.05) is 5.32 Å². The van der Waals surface area contributed by atoms with Crippen LogP contribution in [0.4, 0.5) is 10.4 Å². The quantitative estimate of drug-likeness (QED) is 0.742. The number of benzene rings is 1. The maximum absolute atomic E-state index is 12.8. The lowest BCUT2D eigenvalue weighted by atomic mass is 10.2. The molecule has 1 amide bonds. The maximum atomic E-state index is 12.8. The summed E-state index contributed by atoms with van der Waals surface area (Å²) in [6.07, 6.45) is 1.97. The Hall–Kier alpha value is -2.80. The number of aromatic nitrogens is 3. The van der Waals surface area contributed by atoms with Crippen LogP contribution in [-0.2, 0) is 6.42 Å². The number of anilines is 1. The first-order valence-electron chi connectivity index (χ1n) is 6.60. The number of amides is 1. The van der Waals surface area contributed by atoms with Gasteiger partial charge >= 0.3 is 6.01 Å². The Morgan fingerprint density at radius 2 is 1.96 bits per heavy atom. The molecule has 0 atom stereocenters. The molecule has 0 unspecified atom stereocenters. The van der Waals surface area contributed by atoms with Crippen molar-refractivity contribution in [1.29, 1.82) is 0 Å². The zero-order valence-electron chi connectivity index (χ0n) is 11.7. The number of pyridine rings is 1. The second-order valence-corrected chi connectivity index (χ2v) is 5.02. The van der Waals surface area contributed by atoms with Crippen LogP contribution in [0.25, 0.3) is 0 Å². The molecule has 0 spiro atoms. The van der Waals surface area contributed by atoms with Crippen LogP contribution in [0.5, 0.6) is 0 Å². The minimum absolute atomic E-state index is 0.0313. The molecule has 0 aliphatic heterocycles. The summed E-state index contributed by atoms with van der Waals surface area (Å²) in [5.41, 5.74) is 1.13. The van der Waals surface area contributed by atoms with Crippen LogP contribution in [0, 0.1) is 5.82 Å². The second kappa shape index (κ2) is 6.53. The molecule has 8 heteroatoms. The van der Waals surface area contributed by atoms with E-state index in [1.807, 2.05) is 0 Å². The van der Waals surface area contributed by atoms with Gasteiger partial charge in [0.25, 0.3) is 5.91 Å². The normalized spacial score (nSPS) is 10.5. The van der Waals surface area contributed by atoms with Crippen LogP contribution in [0.1, 0.15) is 21.8 Å². The first-order chi connectivity index (χ1) is 11.1. The molecule has 1 aromatic carbocycles. The highest BCUT2D eigenvalue weighted by molar-refractivity contribution is 6.29. The van der Waals surface area contributed by atoms with Crippen molar-refractivity contribution in [3.8, 4) is 0 Å². The topological polar surface area (TPSA) is 80.9 Å². The zero-order chi connectivity index (χ0) is 16.2. The predicted octanol–water partition coefficient (Wildman–Crippen LogP) is 3.10. The van der Waals surface area contributed by atoms with E-state index in [0.717, 1.165) is 5.56 Å². The van der Waals surface area contributed by atoms with Crippen LogP contribution >= 0.6 is 11.6 Å². The SMILES string of the molecule is O=C(Nc1nnc(Cc2ccc(Cl)nc2)o1)c1ccc(F)cc1. The van der Waals surface area contributed by atoms with Gasteiger partial charge in [-0.15, -0.1) is 5.10 Å². The summed E-state index contributed by atoms with van der Waals surface area (Å²) in [5, 5.41) is 10.4. The molecule has 3 aromatic rings. The third-order valence-electron chi connectivity index (χ3n) is 2.94. The molecule has 23 heavy (non-hydrogen) atoms. The standard InChI is InChI=1S/C15H10ClFN4O2/c16-12-6-1-9(8-18-12)7-13-20-21-15(23-13)19-14(22)10-2-4-11(17)5-3-10/h1-6,8H,7H2,(H,19,21,22). The van der Waals surface area contributed by atoms with E-state index in [-0.39, 0.29) is 11.6 Å². The van der Waals surface area contributed by atoms with E-state index in [1.165, 1.54) is 24.3 Å². The van der Waals surface area contributed by atoms with Crippen LogP contribution in [-0.4, -0.2) is 21.1 Å². The molecule has 6 nitrogen and oxygen atoms in total. The molecule has 116 valence electrons. The summed E-state index contributed by atoms with van der Waals surface area (Å²) in [6.45, 7) is 0. The molecule has 0 radical (unpaired) electrons. The van der Waals surface area contributed by atoms with E-state index in [0.29, 0.717) is 17.5 Å². The van der Waals surface area contributed by atoms with Crippen molar-refractivity contribution in [2.45, 2.75) is 6.42 Å². The van der Waals surface area contributed by atoms with Gasteiger partial charge in [-0.1, -0.05) is 22.8 Å². The van der Waals surface area contributed by atoms with Crippen LogP contribution in [0.3, 0.4) is 0 Å². The Bertz CT molecular complexity index is 818. The summed E-state index contributed by atoms with van der Waals surface area (Å²) < 4.78 is 18.2. The monoisotopic (exact) mass is 332 g/mol. The van der Waals surface area contributed by atoms with E-state index in [2.05, 4.69) is 20.5 Å². The molecule has 0 saturated heterocycles. The molecule has 0 aliphatic carbocycles. The Kier molecular flexibility index (Phi) is 4.29. The lowest BCUT2D eigenvalue weighted by Gasteiger charge is -2.00. The van der Waals surface area contributed by atoms with Gasteiger partial charge in [0.05, 0.1) is 6.42 Å². The molecular formula is C15H10ClFN4O2. The Morgan fingerprint density at radius 1 is 1.17 bits per heavy atom. The number of halogens is 2. The van der Waals surface area contributed by atoms with Crippen molar-refractivity contribution in [3.63, 3.8) is 0 Å². The Labute approximate surface area is 135 Å². The van der Waals surface area contributed by atoms with Crippen LogP contribution < -0.4 is 5.32 Å². The third kappa shape index (κ3) is 3.89. The average molecular weight is 333 g/mol. The highest BCUT2D eigenvalue weighted by Gasteiger charge is 2.12. The van der Waals surface area contributed by atoms with Crippen molar-refractivity contribution in [3.05, 3.63) is 70.6 Å². The van der Waals surface area contributed by atoms with Gasteiger partial charge in [-0.05, 0) is 35.9 Å². The average Bonchev–Trinajstić information content (AvgIpc) is 2.97. The molecule has 0 aliphatic rings. The first-order valence-corrected chi connectivity index (χ1v) is 6.98. The fraction of sp³-hybridized carbons (Fsp3) is 0.0667. The van der Waals surface area contributed by atoms with Crippen molar-refractivity contribution < 1.29 is 13.6 Å². The number of nitrogens with zero attached hydrogens (tertiary/aromatic N) is 3. The lowest BCUT2D eigenvalue weighted by molar-refractivity contribution is 0.102. The molecule has 0 saturated carbocycles. The summed E-state index contributed by atoms with van der Waals surface area (Å²) in [5.74, 6) is -0.560. The highest BCUT2D eigenvalue weighted by Crippen LogP contribution is 2.13. The predicted molar refractivity (Wildman–Crippen MR) is 80.7 cm³/mol.